The number of hydrogen-bond acceptors (Lipinski definition) is 4. The Kier molecular flexibility index (Phi) is 4.28. The maximum Gasteiger partial charge on any atom is 0.148 e. The first-order valence-corrected chi connectivity index (χ1v) is 7.62. The first kappa shape index (κ1) is 15.2. The van der Waals surface area contributed by atoms with Crippen LogP contribution in [0.2, 0.25) is 0 Å². The van der Waals surface area contributed by atoms with Gasteiger partial charge in [0.15, 0.2) is 0 Å². The fourth-order valence-corrected chi connectivity index (χ4v) is 3.27. The predicted molar refractivity (Wildman–Crippen MR) is 82.8 cm³/mol. The zero-order chi connectivity index (χ0) is 14.9. The van der Waals surface area contributed by atoms with Crippen molar-refractivity contribution in [1.82, 2.24) is 9.78 Å². The molecule has 1 aromatic heterocycles. The number of rotatable bonds is 4. The van der Waals surface area contributed by atoms with Crippen molar-refractivity contribution in [2.75, 3.05) is 17.7 Å². The molecule has 0 amide bonds. The summed E-state index contributed by atoms with van der Waals surface area (Å²) >= 11 is 0. The lowest BCUT2D eigenvalue weighted by atomic mass is 9.77. The number of nitrogens with one attached hydrogen (secondary N) is 1. The third kappa shape index (κ3) is 2.77. The van der Waals surface area contributed by atoms with Gasteiger partial charge >= 0.3 is 0 Å². The molecule has 2 atom stereocenters. The summed E-state index contributed by atoms with van der Waals surface area (Å²) in [6.45, 7) is 8.49. The summed E-state index contributed by atoms with van der Waals surface area (Å²) in [6, 6.07) is 0.241. The van der Waals surface area contributed by atoms with E-state index in [1.54, 1.807) is 0 Å². The smallest absolute Gasteiger partial charge is 0.148 e. The summed E-state index contributed by atoms with van der Waals surface area (Å²) in [7, 11) is 0. The Labute approximate surface area is 121 Å². The van der Waals surface area contributed by atoms with Crippen LogP contribution in [-0.4, -0.2) is 27.0 Å². The van der Waals surface area contributed by atoms with Crippen LogP contribution >= 0.6 is 0 Å². The SMILES string of the molecule is Cc1nn(C(C)C)c(NC2(CO)CCCC(C)C2)c1N. The van der Waals surface area contributed by atoms with E-state index in [9.17, 15) is 5.11 Å². The molecule has 5 nitrogen and oxygen atoms in total. The zero-order valence-electron chi connectivity index (χ0n) is 13.1. The molecule has 2 rings (SSSR count). The second kappa shape index (κ2) is 5.64. The summed E-state index contributed by atoms with van der Waals surface area (Å²) in [5.41, 5.74) is 7.46. The van der Waals surface area contributed by atoms with Gasteiger partial charge in [-0.3, -0.25) is 0 Å². The Bertz CT molecular complexity index is 469. The number of nitrogens with zero attached hydrogens (tertiary/aromatic N) is 2. The van der Waals surface area contributed by atoms with Crippen molar-refractivity contribution in [2.45, 2.75) is 65.0 Å². The van der Waals surface area contributed by atoms with Crippen LogP contribution in [0.5, 0.6) is 0 Å². The molecule has 1 saturated carbocycles. The van der Waals surface area contributed by atoms with Gasteiger partial charge in [0.05, 0.1) is 23.5 Å². The van der Waals surface area contributed by atoms with E-state index in [2.05, 4.69) is 31.2 Å². The topological polar surface area (TPSA) is 76.1 Å². The number of hydrogen-bond donors (Lipinski definition) is 3. The Morgan fingerprint density at radius 1 is 1.55 bits per heavy atom. The van der Waals surface area contributed by atoms with Crippen LogP contribution < -0.4 is 11.1 Å². The van der Waals surface area contributed by atoms with E-state index in [0.29, 0.717) is 11.6 Å². The van der Waals surface area contributed by atoms with E-state index in [-0.39, 0.29) is 18.2 Å². The van der Waals surface area contributed by atoms with Gasteiger partial charge in [-0.2, -0.15) is 5.10 Å². The molecule has 4 N–H and O–H groups in total. The van der Waals surface area contributed by atoms with Crippen LogP contribution in [0.4, 0.5) is 11.5 Å². The minimum absolute atomic E-state index is 0.138. The van der Waals surface area contributed by atoms with Gasteiger partial charge in [-0.1, -0.05) is 19.8 Å². The zero-order valence-corrected chi connectivity index (χ0v) is 13.1. The molecule has 0 aliphatic heterocycles. The Balaban J connectivity index is 2.32. The van der Waals surface area contributed by atoms with Gasteiger partial charge in [-0.25, -0.2) is 4.68 Å². The molecule has 2 unspecified atom stereocenters. The number of nitrogen functional groups attached to an aromatic ring is 1. The van der Waals surface area contributed by atoms with Gasteiger partial charge in [-0.15, -0.1) is 0 Å². The van der Waals surface area contributed by atoms with Gasteiger partial charge < -0.3 is 16.2 Å². The van der Waals surface area contributed by atoms with Gasteiger partial charge in [-0.05, 0) is 39.5 Å². The molecular formula is C15H28N4O. The molecule has 1 fully saturated rings. The number of aryl methyl sites for hydroxylation is 1. The average molecular weight is 280 g/mol. The predicted octanol–water partition coefficient (Wildman–Crippen LogP) is 2.71. The van der Waals surface area contributed by atoms with Crippen molar-refractivity contribution < 1.29 is 5.11 Å². The van der Waals surface area contributed by atoms with Crippen LogP contribution in [0, 0.1) is 12.8 Å². The molecule has 0 aromatic carbocycles. The lowest BCUT2D eigenvalue weighted by Gasteiger charge is -2.40. The molecule has 5 heteroatoms. The number of aliphatic hydroxyl groups is 1. The van der Waals surface area contributed by atoms with E-state index in [1.807, 2.05) is 11.6 Å². The second-order valence-corrected chi connectivity index (χ2v) is 6.65. The van der Waals surface area contributed by atoms with Crippen molar-refractivity contribution in [3.8, 4) is 0 Å². The van der Waals surface area contributed by atoms with Gasteiger partial charge in [0.2, 0.25) is 0 Å². The highest BCUT2D eigenvalue weighted by Crippen LogP contribution is 2.37. The number of aliphatic hydroxyl groups excluding tert-OH is 1. The van der Waals surface area contributed by atoms with Crippen LogP contribution in [0.1, 0.15) is 58.2 Å². The number of anilines is 2. The summed E-state index contributed by atoms with van der Waals surface area (Å²) in [4.78, 5) is 0. The molecule has 1 aliphatic carbocycles. The number of aromatic nitrogens is 2. The minimum atomic E-state index is -0.259. The van der Waals surface area contributed by atoms with Gasteiger partial charge in [0.1, 0.15) is 5.82 Å². The van der Waals surface area contributed by atoms with E-state index >= 15 is 0 Å². The maximum absolute atomic E-state index is 9.91. The van der Waals surface area contributed by atoms with Crippen molar-refractivity contribution in [3.05, 3.63) is 5.69 Å². The van der Waals surface area contributed by atoms with E-state index < -0.39 is 0 Å². The van der Waals surface area contributed by atoms with Crippen molar-refractivity contribution in [2.24, 2.45) is 5.92 Å². The molecule has 1 aromatic rings. The van der Waals surface area contributed by atoms with Crippen molar-refractivity contribution in [1.29, 1.82) is 0 Å². The fourth-order valence-electron chi connectivity index (χ4n) is 3.27. The monoisotopic (exact) mass is 280 g/mol. The minimum Gasteiger partial charge on any atom is -0.394 e. The molecule has 0 radical (unpaired) electrons. The summed E-state index contributed by atoms with van der Waals surface area (Å²) in [5.74, 6) is 1.49. The van der Waals surface area contributed by atoms with Crippen molar-refractivity contribution >= 4 is 11.5 Å². The maximum atomic E-state index is 9.91. The first-order chi connectivity index (χ1) is 9.38. The Hall–Kier alpha value is -1.23. The third-order valence-corrected chi connectivity index (χ3v) is 4.40. The summed E-state index contributed by atoms with van der Waals surface area (Å²) in [6.07, 6.45) is 4.34. The lowest BCUT2D eigenvalue weighted by molar-refractivity contribution is 0.149. The second-order valence-electron chi connectivity index (χ2n) is 6.65. The molecular weight excluding hydrogens is 252 g/mol. The molecule has 114 valence electrons. The molecule has 0 bridgehead atoms. The fraction of sp³-hybridized carbons (Fsp3) is 0.800. The normalized spacial score (nSPS) is 27.0. The quantitative estimate of drug-likeness (QED) is 0.792. The van der Waals surface area contributed by atoms with Crippen LogP contribution in [0.3, 0.4) is 0 Å². The molecule has 1 heterocycles. The molecule has 0 spiro atoms. The largest absolute Gasteiger partial charge is 0.394 e. The highest BCUT2D eigenvalue weighted by Gasteiger charge is 2.36. The van der Waals surface area contributed by atoms with E-state index in [1.165, 1.54) is 6.42 Å². The third-order valence-electron chi connectivity index (χ3n) is 4.40. The lowest BCUT2D eigenvalue weighted by Crippen LogP contribution is -2.46. The Morgan fingerprint density at radius 3 is 2.80 bits per heavy atom. The average Bonchev–Trinajstić information content (AvgIpc) is 2.67. The first-order valence-electron chi connectivity index (χ1n) is 7.62. The van der Waals surface area contributed by atoms with Crippen LogP contribution in [-0.2, 0) is 0 Å². The highest BCUT2D eigenvalue weighted by molar-refractivity contribution is 5.66. The van der Waals surface area contributed by atoms with Gasteiger partial charge in [0.25, 0.3) is 0 Å². The van der Waals surface area contributed by atoms with E-state index in [4.69, 9.17) is 5.73 Å². The Morgan fingerprint density at radius 2 is 2.25 bits per heavy atom. The molecule has 1 aliphatic rings. The van der Waals surface area contributed by atoms with Gasteiger partial charge in [0, 0.05) is 6.04 Å². The van der Waals surface area contributed by atoms with Crippen molar-refractivity contribution in [3.63, 3.8) is 0 Å². The summed E-state index contributed by atoms with van der Waals surface area (Å²) < 4.78 is 1.93. The molecule has 20 heavy (non-hydrogen) atoms. The number of nitrogens with two attached hydrogens (primary N) is 1. The van der Waals surface area contributed by atoms with Crippen LogP contribution in [0.25, 0.3) is 0 Å². The molecule has 0 saturated heterocycles. The standard InChI is InChI=1S/C15H28N4O/c1-10(2)19-14(13(16)12(4)18-19)17-15(9-20)7-5-6-11(3)8-15/h10-11,17,20H,5-9,16H2,1-4H3. The highest BCUT2D eigenvalue weighted by atomic mass is 16.3. The van der Waals surface area contributed by atoms with Crippen LogP contribution in [0.15, 0.2) is 0 Å². The van der Waals surface area contributed by atoms with E-state index in [0.717, 1.165) is 30.8 Å². The summed E-state index contributed by atoms with van der Waals surface area (Å²) in [5, 5.41) is 18.0.